The third kappa shape index (κ3) is 3.60. The lowest BCUT2D eigenvalue weighted by Gasteiger charge is -2.14. The van der Waals surface area contributed by atoms with Gasteiger partial charge in [0.2, 0.25) is 11.9 Å². The van der Waals surface area contributed by atoms with Crippen LogP contribution in [0, 0.1) is 11.9 Å². The molecule has 0 bridgehead atoms. The van der Waals surface area contributed by atoms with Crippen LogP contribution in [0.15, 0.2) is 47.5 Å². The van der Waals surface area contributed by atoms with Gasteiger partial charge in [-0.05, 0) is 47.2 Å². The Labute approximate surface area is 205 Å². The van der Waals surface area contributed by atoms with E-state index in [0.29, 0.717) is 40.6 Å². The number of aromatic amines is 1. The minimum absolute atomic E-state index is 0.00963. The summed E-state index contributed by atoms with van der Waals surface area (Å²) in [6, 6.07) is 8.46. The lowest BCUT2D eigenvalue weighted by molar-refractivity contribution is 0.513. The number of pyridine rings is 1. The molecule has 6 rings (SSSR count). The number of tetrazole rings is 1. The number of nitrogen functional groups attached to an aromatic ring is 1. The quantitative estimate of drug-likeness (QED) is 0.352. The third-order valence-electron chi connectivity index (χ3n) is 5.95. The first-order valence-electron chi connectivity index (χ1n) is 10.7. The number of anilines is 1. The molecular weight excluding hydrogens is 494 g/mol. The van der Waals surface area contributed by atoms with Gasteiger partial charge < -0.3 is 10.7 Å². The van der Waals surface area contributed by atoms with Gasteiger partial charge in [-0.25, -0.2) is 9.97 Å². The largest absolute Gasteiger partial charge is 0.384 e. The summed E-state index contributed by atoms with van der Waals surface area (Å²) in [5.41, 5.74) is 6.62. The van der Waals surface area contributed by atoms with E-state index in [2.05, 4.69) is 35.5 Å². The van der Waals surface area contributed by atoms with E-state index in [1.807, 2.05) is 0 Å². The minimum Gasteiger partial charge on any atom is -0.384 e. The summed E-state index contributed by atoms with van der Waals surface area (Å²) < 4.78 is 32.0. The molecule has 5 aromatic rings. The van der Waals surface area contributed by atoms with Gasteiger partial charge in [-0.2, -0.15) is 18.4 Å². The van der Waals surface area contributed by atoms with Crippen LogP contribution in [0.4, 0.5) is 14.6 Å². The van der Waals surface area contributed by atoms with Crippen molar-refractivity contribution in [3.8, 4) is 28.3 Å². The monoisotopic (exact) mass is 508 g/mol. The summed E-state index contributed by atoms with van der Waals surface area (Å²) in [7, 11) is 0. The molecule has 0 aliphatic carbocycles. The first-order chi connectivity index (χ1) is 17.4. The van der Waals surface area contributed by atoms with Gasteiger partial charge in [-0.15, -0.1) is 5.10 Å². The molecule has 1 aliphatic rings. The smallest absolute Gasteiger partial charge is 0.254 e. The highest BCUT2D eigenvalue weighted by Gasteiger charge is 2.31. The zero-order valence-electron chi connectivity index (χ0n) is 18.2. The van der Waals surface area contributed by atoms with Gasteiger partial charge in [0.15, 0.2) is 0 Å². The second-order valence-corrected chi connectivity index (χ2v) is 8.54. The van der Waals surface area contributed by atoms with E-state index in [9.17, 15) is 13.6 Å². The van der Waals surface area contributed by atoms with Crippen molar-refractivity contribution in [1.82, 2.24) is 44.7 Å². The number of hydrogen-bond acceptors (Lipinski definition) is 8. The molecule has 180 valence electrons. The summed E-state index contributed by atoms with van der Waals surface area (Å²) >= 11 is 6.22. The van der Waals surface area contributed by atoms with Gasteiger partial charge in [-0.3, -0.25) is 9.36 Å². The summed E-state index contributed by atoms with van der Waals surface area (Å²) in [5.74, 6) is -1.33. The van der Waals surface area contributed by atoms with E-state index < -0.39 is 23.5 Å². The topological polar surface area (TPSA) is 146 Å². The molecule has 4 aromatic heterocycles. The third-order valence-corrected chi connectivity index (χ3v) is 6.19. The number of halogens is 3. The Balaban J connectivity index is 1.42. The Morgan fingerprint density at radius 1 is 1.06 bits per heavy atom. The van der Waals surface area contributed by atoms with Crippen LogP contribution in [0.1, 0.15) is 24.0 Å². The average molecular weight is 509 g/mol. The molecule has 0 saturated carbocycles. The van der Waals surface area contributed by atoms with Crippen LogP contribution in [0.25, 0.3) is 28.3 Å². The van der Waals surface area contributed by atoms with Crippen LogP contribution in [0.2, 0.25) is 5.02 Å². The van der Waals surface area contributed by atoms with Gasteiger partial charge in [0.25, 0.3) is 5.56 Å². The molecule has 11 nitrogen and oxygen atoms in total. The number of aryl methyl sites for hydroxylation is 1. The van der Waals surface area contributed by atoms with Crippen LogP contribution in [-0.2, 0) is 6.42 Å². The van der Waals surface area contributed by atoms with E-state index in [1.165, 1.54) is 33.8 Å². The Bertz CT molecular complexity index is 1680. The molecule has 3 N–H and O–H groups in total. The van der Waals surface area contributed by atoms with E-state index in [0.717, 1.165) is 0 Å². The van der Waals surface area contributed by atoms with E-state index in [4.69, 9.17) is 17.3 Å². The van der Waals surface area contributed by atoms with Crippen molar-refractivity contribution in [2.24, 2.45) is 0 Å². The first-order valence-corrected chi connectivity index (χ1v) is 11.1. The molecule has 0 saturated heterocycles. The second-order valence-electron chi connectivity index (χ2n) is 8.10. The fourth-order valence-electron chi connectivity index (χ4n) is 4.38. The molecule has 1 atom stereocenters. The highest BCUT2D eigenvalue weighted by atomic mass is 35.5. The fourth-order valence-corrected chi connectivity index (χ4v) is 4.55. The molecule has 0 amide bonds. The van der Waals surface area contributed by atoms with Crippen molar-refractivity contribution in [2.75, 3.05) is 5.73 Å². The fraction of sp³-hybridized carbons (Fsp3) is 0.136. The Morgan fingerprint density at radius 3 is 2.69 bits per heavy atom. The second kappa shape index (κ2) is 8.30. The number of fused-ring (bicyclic) bond motifs is 1. The van der Waals surface area contributed by atoms with Crippen LogP contribution in [0.5, 0.6) is 0 Å². The molecule has 1 aliphatic heterocycles. The van der Waals surface area contributed by atoms with Crippen LogP contribution < -0.4 is 11.3 Å². The molecule has 0 radical (unpaired) electrons. The molecule has 5 heterocycles. The molecule has 14 heteroatoms. The van der Waals surface area contributed by atoms with Crippen molar-refractivity contribution in [1.29, 1.82) is 0 Å². The summed E-state index contributed by atoms with van der Waals surface area (Å²) in [6.45, 7) is 0. The number of nitrogens with one attached hydrogen (secondary N) is 1. The molecule has 36 heavy (non-hydrogen) atoms. The number of hydrogen-bond donors (Lipinski definition) is 2. The normalized spacial score (nSPS) is 14.8. The molecule has 0 unspecified atom stereocenters. The number of H-pyrrole nitrogens is 1. The Hall–Kier alpha value is -4.52. The summed E-state index contributed by atoms with van der Waals surface area (Å²) in [6.07, 6.45) is 2.21. The number of aromatic nitrogens is 9. The summed E-state index contributed by atoms with van der Waals surface area (Å²) in [4.78, 5) is 28.1. The van der Waals surface area contributed by atoms with Crippen molar-refractivity contribution in [3.63, 3.8) is 0 Å². The van der Waals surface area contributed by atoms with E-state index in [1.54, 1.807) is 18.2 Å². The van der Waals surface area contributed by atoms with Gasteiger partial charge in [0.1, 0.15) is 23.8 Å². The van der Waals surface area contributed by atoms with Crippen LogP contribution in [-0.4, -0.2) is 44.7 Å². The summed E-state index contributed by atoms with van der Waals surface area (Å²) in [5, 5.41) is 11.7. The lowest BCUT2D eigenvalue weighted by Crippen LogP contribution is -2.25. The predicted octanol–water partition coefficient (Wildman–Crippen LogP) is 2.72. The number of imidazole rings is 1. The first kappa shape index (κ1) is 22.0. The van der Waals surface area contributed by atoms with Gasteiger partial charge >= 0.3 is 0 Å². The molecule has 0 spiro atoms. The number of benzene rings is 1. The number of nitrogens with zero attached hydrogens (tertiary/aromatic N) is 8. The lowest BCUT2D eigenvalue weighted by atomic mass is 10.1. The number of rotatable bonds is 4. The highest BCUT2D eigenvalue weighted by molar-refractivity contribution is 6.31. The molecular formula is C22H15ClF2N10O. The van der Waals surface area contributed by atoms with E-state index >= 15 is 0 Å². The van der Waals surface area contributed by atoms with Gasteiger partial charge in [-0.1, -0.05) is 11.6 Å². The minimum atomic E-state index is -0.884. The maximum atomic E-state index is 14.9. The maximum absolute atomic E-state index is 14.9. The predicted molar refractivity (Wildman–Crippen MR) is 124 cm³/mol. The molecule has 0 fully saturated rings. The van der Waals surface area contributed by atoms with Crippen LogP contribution in [0.3, 0.4) is 0 Å². The van der Waals surface area contributed by atoms with Crippen LogP contribution >= 0.6 is 11.6 Å². The zero-order valence-corrected chi connectivity index (χ0v) is 19.0. The average Bonchev–Trinajstić information content (AvgIpc) is 3.59. The van der Waals surface area contributed by atoms with Crippen molar-refractivity contribution in [3.05, 3.63) is 81.5 Å². The highest BCUT2D eigenvalue weighted by Crippen LogP contribution is 2.34. The zero-order chi connectivity index (χ0) is 25.0. The maximum Gasteiger partial charge on any atom is 0.254 e. The van der Waals surface area contributed by atoms with Gasteiger partial charge in [0.05, 0.1) is 28.7 Å². The SMILES string of the molecule is Nc1ccc(-c2nc(F)c([C@@H]3CCc4nc(-c5cc(Cl)ccc5-n5cnnn5)cc(=O)n43)[nH]2)c(F)n1. The Morgan fingerprint density at radius 2 is 1.92 bits per heavy atom. The standard InChI is InChI=1S/C22H15ClF2N10O/c23-10-1-3-14(34-9-27-32-33-34)12(7-10)13-8-18(36)35-15(4-6-17(35)28-13)19-21(25)31-22(30-19)11-2-5-16(26)29-20(11)24/h1-3,5,7-9,15H,4,6H2,(H2,26,29)(H,30,31)/t15-/m0/s1. The van der Waals surface area contributed by atoms with Crippen molar-refractivity contribution in [2.45, 2.75) is 18.9 Å². The molecule has 1 aromatic carbocycles. The Kier molecular flexibility index (Phi) is 5.07. The van der Waals surface area contributed by atoms with Crippen molar-refractivity contribution >= 4 is 17.4 Å². The van der Waals surface area contributed by atoms with Gasteiger partial charge in [0, 0.05) is 23.1 Å². The number of nitrogens with two attached hydrogens (primary N) is 1. The van der Waals surface area contributed by atoms with E-state index in [-0.39, 0.29) is 22.9 Å². The van der Waals surface area contributed by atoms with Crippen molar-refractivity contribution < 1.29 is 8.78 Å².